The lowest BCUT2D eigenvalue weighted by atomic mass is 10.1. The van der Waals surface area contributed by atoms with Crippen LogP contribution in [-0.4, -0.2) is 12.5 Å². The van der Waals surface area contributed by atoms with Gasteiger partial charge in [-0.2, -0.15) is 0 Å². The topological polar surface area (TPSA) is 68.5 Å². The average molecular weight is 341 g/mol. The highest BCUT2D eigenvalue weighted by atomic mass is 19.1. The third-order valence-corrected chi connectivity index (χ3v) is 3.61. The molecule has 0 bridgehead atoms. The van der Waals surface area contributed by atoms with Gasteiger partial charge in [0.2, 0.25) is 0 Å². The van der Waals surface area contributed by atoms with Gasteiger partial charge in [-0.25, -0.2) is 9.18 Å². The summed E-state index contributed by atoms with van der Waals surface area (Å²) in [7, 11) is 0. The largest absolute Gasteiger partial charge is 0.494 e. The number of hydrogen-bond acceptors (Lipinski definition) is 4. The van der Waals surface area contributed by atoms with Gasteiger partial charge in [0.25, 0.3) is 5.91 Å². The van der Waals surface area contributed by atoms with Crippen LogP contribution in [0.15, 0.2) is 57.7 Å². The van der Waals surface area contributed by atoms with Crippen molar-refractivity contribution in [2.45, 2.75) is 13.5 Å². The average Bonchev–Trinajstić information content (AvgIpc) is 2.59. The molecule has 3 rings (SSSR count). The van der Waals surface area contributed by atoms with E-state index in [1.807, 2.05) is 6.92 Å². The van der Waals surface area contributed by atoms with Gasteiger partial charge in [-0.1, -0.05) is 12.1 Å². The zero-order chi connectivity index (χ0) is 17.8. The smallest absolute Gasteiger partial charge is 0.337 e. The number of ether oxygens (including phenoxy) is 1. The summed E-state index contributed by atoms with van der Waals surface area (Å²) in [5.74, 6) is -0.261. The van der Waals surface area contributed by atoms with Crippen LogP contribution in [0.5, 0.6) is 5.75 Å². The van der Waals surface area contributed by atoms with Gasteiger partial charge in [-0.15, -0.1) is 0 Å². The van der Waals surface area contributed by atoms with Crippen LogP contribution < -0.4 is 15.7 Å². The number of hydrogen-bond donors (Lipinski definition) is 1. The molecule has 1 amide bonds. The molecule has 1 aromatic heterocycles. The van der Waals surface area contributed by atoms with Crippen LogP contribution in [0, 0.1) is 5.82 Å². The maximum atomic E-state index is 13.2. The number of rotatable bonds is 5. The fourth-order valence-corrected chi connectivity index (χ4v) is 2.51. The third-order valence-electron chi connectivity index (χ3n) is 3.61. The molecule has 0 aliphatic heterocycles. The lowest BCUT2D eigenvalue weighted by Gasteiger charge is -2.09. The van der Waals surface area contributed by atoms with Gasteiger partial charge in [0, 0.05) is 24.1 Å². The zero-order valence-corrected chi connectivity index (χ0v) is 13.5. The van der Waals surface area contributed by atoms with Gasteiger partial charge in [0.05, 0.1) is 12.2 Å². The molecule has 0 saturated heterocycles. The normalized spacial score (nSPS) is 10.6. The second-order valence-electron chi connectivity index (χ2n) is 5.38. The summed E-state index contributed by atoms with van der Waals surface area (Å²) < 4.78 is 23.7. The maximum Gasteiger partial charge on any atom is 0.337 e. The zero-order valence-electron chi connectivity index (χ0n) is 13.5. The second-order valence-corrected chi connectivity index (χ2v) is 5.38. The van der Waals surface area contributed by atoms with Crippen LogP contribution in [0.3, 0.4) is 0 Å². The molecule has 0 radical (unpaired) electrons. The fourth-order valence-electron chi connectivity index (χ4n) is 2.51. The van der Waals surface area contributed by atoms with E-state index in [1.165, 1.54) is 12.1 Å². The molecular formula is C19H16FNO4. The summed E-state index contributed by atoms with van der Waals surface area (Å²) in [6.07, 6.45) is 0. The molecule has 0 unspecified atom stereocenters. The number of fused-ring (bicyclic) bond motifs is 1. The first-order chi connectivity index (χ1) is 12.1. The summed E-state index contributed by atoms with van der Waals surface area (Å²) in [6.45, 7) is 2.47. The summed E-state index contributed by atoms with van der Waals surface area (Å²) in [5, 5.41) is 3.18. The number of carbonyl (C=O) groups excluding carboxylic acids is 1. The monoisotopic (exact) mass is 341 g/mol. The molecule has 0 atom stereocenters. The SMILES string of the molecule is CCOc1ccc2c(C(=O)NCc3cccc(F)c3)cc(=O)oc2c1. The van der Waals surface area contributed by atoms with E-state index in [-0.39, 0.29) is 23.5 Å². The third kappa shape index (κ3) is 3.85. The van der Waals surface area contributed by atoms with Crippen molar-refractivity contribution < 1.29 is 18.3 Å². The first-order valence-corrected chi connectivity index (χ1v) is 7.80. The van der Waals surface area contributed by atoms with Crippen LogP contribution in [0.25, 0.3) is 11.0 Å². The van der Waals surface area contributed by atoms with Crippen molar-refractivity contribution in [2.24, 2.45) is 0 Å². The van der Waals surface area contributed by atoms with E-state index in [0.717, 1.165) is 6.07 Å². The van der Waals surface area contributed by atoms with Crippen molar-refractivity contribution in [1.82, 2.24) is 5.32 Å². The van der Waals surface area contributed by atoms with Crippen LogP contribution >= 0.6 is 0 Å². The van der Waals surface area contributed by atoms with E-state index < -0.39 is 11.5 Å². The van der Waals surface area contributed by atoms with Crippen LogP contribution in [0.2, 0.25) is 0 Å². The molecule has 1 N–H and O–H groups in total. The molecule has 0 aliphatic carbocycles. The Bertz CT molecular complexity index is 981. The summed E-state index contributed by atoms with van der Waals surface area (Å²) >= 11 is 0. The standard InChI is InChI=1S/C19H16FNO4/c1-2-24-14-6-7-15-16(10-18(22)25-17(15)9-14)19(23)21-11-12-4-3-5-13(20)8-12/h3-10H,2,11H2,1H3,(H,21,23). The molecule has 1 heterocycles. The Kier molecular flexibility index (Phi) is 4.79. The number of halogens is 1. The lowest BCUT2D eigenvalue weighted by Crippen LogP contribution is -2.24. The van der Waals surface area contributed by atoms with Gasteiger partial charge < -0.3 is 14.5 Å². The Morgan fingerprint density at radius 3 is 2.80 bits per heavy atom. The summed E-state index contributed by atoms with van der Waals surface area (Å²) in [4.78, 5) is 24.2. The van der Waals surface area contributed by atoms with E-state index >= 15 is 0 Å². The van der Waals surface area contributed by atoms with Gasteiger partial charge in [0.1, 0.15) is 17.1 Å². The molecule has 2 aromatic carbocycles. The summed E-state index contributed by atoms with van der Waals surface area (Å²) in [5.41, 5.74) is 0.469. The van der Waals surface area contributed by atoms with Gasteiger partial charge in [-0.05, 0) is 36.8 Å². The van der Waals surface area contributed by atoms with Crippen molar-refractivity contribution >= 4 is 16.9 Å². The van der Waals surface area contributed by atoms with Crippen molar-refractivity contribution in [1.29, 1.82) is 0 Å². The fraction of sp³-hybridized carbons (Fsp3) is 0.158. The van der Waals surface area contributed by atoms with Crippen molar-refractivity contribution in [3.63, 3.8) is 0 Å². The molecular weight excluding hydrogens is 325 g/mol. The maximum absolute atomic E-state index is 13.2. The Morgan fingerprint density at radius 2 is 2.04 bits per heavy atom. The van der Waals surface area contributed by atoms with E-state index in [9.17, 15) is 14.0 Å². The molecule has 0 aliphatic rings. The van der Waals surface area contributed by atoms with E-state index in [2.05, 4.69) is 5.32 Å². The number of carbonyl (C=O) groups is 1. The van der Waals surface area contributed by atoms with E-state index in [4.69, 9.17) is 9.15 Å². The predicted molar refractivity (Wildman–Crippen MR) is 91.2 cm³/mol. The van der Waals surface area contributed by atoms with E-state index in [0.29, 0.717) is 23.3 Å². The molecule has 128 valence electrons. The first-order valence-electron chi connectivity index (χ1n) is 7.80. The number of benzene rings is 2. The minimum absolute atomic E-state index is 0.148. The molecule has 25 heavy (non-hydrogen) atoms. The quantitative estimate of drug-likeness (QED) is 0.723. The highest BCUT2D eigenvalue weighted by Gasteiger charge is 2.14. The Hall–Kier alpha value is -3.15. The van der Waals surface area contributed by atoms with Gasteiger partial charge in [-0.3, -0.25) is 4.79 Å². The van der Waals surface area contributed by atoms with Gasteiger partial charge in [0.15, 0.2) is 0 Å². The highest BCUT2D eigenvalue weighted by Crippen LogP contribution is 2.22. The van der Waals surface area contributed by atoms with Gasteiger partial charge >= 0.3 is 5.63 Å². The lowest BCUT2D eigenvalue weighted by molar-refractivity contribution is 0.0952. The molecule has 6 heteroatoms. The Balaban J connectivity index is 1.88. The Labute approximate surface area is 143 Å². The van der Waals surface area contributed by atoms with Crippen molar-refractivity contribution in [2.75, 3.05) is 6.61 Å². The van der Waals surface area contributed by atoms with Crippen LogP contribution in [-0.2, 0) is 6.54 Å². The van der Waals surface area contributed by atoms with Crippen LogP contribution in [0.4, 0.5) is 4.39 Å². The predicted octanol–water partition coefficient (Wildman–Crippen LogP) is 3.26. The number of amides is 1. The van der Waals surface area contributed by atoms with E-state index in [1.54, 1.807) is 30.3 Å². The summed E-state index contributed by atoms with van der Waals surface area (Å²) in [6, 6.07) is 12.0. The first kappa shape index (κ1) is 16.7. The molecule has 5 nitrogen and oxygen atoms in total. The molecule has 0 fully saturated rings. The minimum atomic E-state index is -0.628. The Morgan fingerprint density at radius 1 is 1.20 bits per heavy atom. The molecule has 0 spiro atoms. The minimum Gasteiger partial charge on any atom is -0.494 e. The number of nitrogens with one attached hydrogen (secondary N) is 1. The van der Waals surface area contributed by atoms with Crippen molar-refractivity contribution in [3.8, 4) is 5.75 Å². The molecule has 0 saturated carbocycles. The van der Waals surface area contributed by atoms with Crippen LogP contribution in [0.1, 0.15) is 22.8 Å². The molecule has 3 aromatic rings. The second kappa shape index (κ2) is 7.17. The highest BCUT2D eigenvalue weighted by molar-refractivity contribution is 6.05. The van der Waals surface area contributed by atoms with Crippen molar-refractivity contribution in [3.05, 3.63) is 75.9 Å².